The molecule has 0 aliphatic heterocycles. The van der Waals surface area contributed by atoms with Gasteiger partial charge in [-0.1, -0.05) is 6.92 Å². The lowest BCUT2D eigenvalue weighted by Gasteiger charge is -2.22. The van der Waals surface area contributed by atoms with Gasteiger partial charge in [-0.3, -0.25) is 5.32 Å². The molecule has 2 atom stereocenters. The second kappa shape index (κ2) is 4.51. The van der Waals surface area contributed by atoms with Crippen LogP contribution in [0.3, 0.4) is 0 Å². The Kier molecular flexibility index (Phi) is 3.28. The number of ether oxygens (including phenoxy) is 1. The van der Waals surface area contributed by atoms with Gasteiger partial charge in [0.25, 0.3) is 0 Å². The maximum absolute atomic E-state index is 9.27. The van der Waals surface area contributed by atoms with Crippen molar-refractivity contribution in [2.75, 3.05) is 6.61 Å². The first-order chi connectivity index (χ1) is 7.28. The molecule has 0 amide bonds. The fourth-order valence-corrected chi connectivity index (χ4v) is 2.31. The molecule has 0 bridgehead atoms. The SMILES string of the molecule is CCCOC1CCC(C#N)(NC2CC2)C1. The van der Waals surface area contributed by atoms with Crippen LogP contribution in [0.4, 0.5) is 0 Å². The molecule has 0 aromatic rings. The minimum Gasteiger partial charge on any atom is -0.378 e. The summed E-state index contributed by atoms with van der Waals surface area (Å²) in [5, 5.41) is 12.7. The summed E-state index contributed by atoms with van der Waals surface area (Å²) >= 11 is 0. The van der Waals surface area contributed by atoms with Crippen molar-refractivity contribution in [3.8, 4) is 6.07 Å². The Morgan fingerprint density at radius 2 is 2.27 bits per heavy atom. The summed E-state index contributed by atoms with van der Waals surface area (Å²) in [6, 6.07) is 3.07. The molecule has 0 saturated heterocycles. The molecule has 0 radical (unpaired) electrons. The quantitative estimate of drug-likeness (QED) is 0.751. The van der Waals surface area contributed by atoms with Crippen LogP contribution in [-0.4, -0.2) is 24.3 Å². The van der Waals surface area contributed by atoms with E-state index in [1.54, 1.807) is 0 Å². The molecule has 2 fully saturated rings. The molecule has 15 heavy (non-hydrogen) atoms. The van der Waals surface area contributed by atoms with Crippen molar-refractivity contribution in [2.24, 2.45) is 0 Å². The third kappa shape index (κ3) is 2.70. The highest BCUT2D eigenvalue weighted by atomic mass is 16.5. The van der Waals surface area contributed by atoms with Crippen LogP contribution in [0.25, 0.3) is 0 Å². The van der Waals surface area contributed by atoms with E-state index in [4.69, 9.17) is 4.74 Å². The fraction of sp³-hybridized carbons (Fsp3) is 0.917. The van der Waals surface area contributed by atoms with Gasteiger partial charge in [0.05, 0.1) is 12.2 Å². The van der Waals surface area contributed by atoms with Crippen molar-refractivity contribution >= 4 is 0 Å². The van der Waals surface area contributed by atoms with Crippen LogP contribution in [0.15, 0.2) is 0 Å². The second-order valence-corrected chi connectivity index (χ2v) is 4.85. The predicted octanol–water partition coefficient (Wildman–Crippen LogP) is 1.98. The lowest BCUT2D eigenvalue weighted by Crippen LogP contribution is -2.43. The van der Waals surface area contributed by atoms with Gasteiger partial charge in [0, 0.05) is 19.1 Å². The zero-order valence-corrected chi connectivity index (χ0v) is 9.46. The number of nitrogens with zero attached hydrogens (tertiary/aromatic N) is 1. The van der Waals surface area contributed by atoms with Gasteiger partial charge < -0.3 is 4.74 Å². The van der Waals surface area contributed by atoms with Crippen LogP contribution < -0.4 is 5.32 Å². The number of nitrogens with one attached hydrogen (secondary N) is 1. The highest BCUT2D eigenvalue weighted by Gasteiger charge is 2.43. The molecule has 2 rings (SSSR count). The van der Waals surface area contributed by atoms with Gasteiger partial charge in [0.1, 0.15) is 5.54 Å². The Bertz CT molecular complexity index is 257. The summed E-state index contributed by atoms with van der Waals surface area (Å²) < 4.78 is 5.72. The third-order valence-electron chi connectivity index (χ3n) is 3.30. The van der Waals surface area contributed by atoms with E-state index in [2.05, 4.69) is 18.3 Å². The number of hydrogen-bond donors (Lipinski definition) is 1. The normalized spacial score (nSPS) is 35.3. The molecular formula is C12H20N2O. The Morgan fingerprint density at radius 1 is 1.47 bits per heavy atom. The van der Waals surface area contributed by atoms with E-state index in [1.165, 1.54) is 12.8 Å². The van der Waals surface area contributed by atoms with E-state index in [0.717, 1.165) is 32.3 Å². The zero-order chi connectivity index (χ0) is 10.7. The van der Waals surface area contributed by atoms with Crippen LogP contribution in [0.2, 0.25) is 0 Å². The fourth-order valence-electron chi connectivity index (χ4n) is 2.31. The molecule has 2 aliphatic rings. The first-order valence-electron chi connectivity index (χ1n) is 6.08. The van der Waals surface area contributed by atoms with E-state index < -0.39 is 0 Å². The third-order valence-corrected chi connectivity index (χ3v) is 3.30. The lowest BCUT2D eigenvalue weighted by molar-refractivity contribution is 0.0551. The largest absolute Gasteiger partial charge is 0.378 e. The molecule has 0 aromatic heterocycles. The molecule has 84 valence electrons. The molecule has 0 aromatic carbocycles. The van der Waals surface area contributed by atoms with Crippen molar-refractivity contribution in [1.29, 1.82) is 5.26 Å². The van der Waals surface area contributed by atoms with Gasteiger partial charge in [-0.25, -0.2) is 0 Å². The molecule has 3 heteroatoms. The Labute approximate surface area is 91.8 Å². The maximum atomic E-state index is 9.27. The summed E-state index contributed by atoms with van der Waals surface area (Å²) in [6.45, 7) is 2.95. The first-order valence-corrected chi connectivity index (χ1v) is 6.08. The van der Waals surface area contributed by atoms with Gasteiger partial charge in [-0.2, -0.15) is 5.26 Å². The molecule has 3 nitrogen and oxygen atoms in total. The van der Waals surface area contributed by atoms with Crippen LogP contribution in [-0.2, 0) is 4.74 Å². The van der Waals surface area contributed by atoms with Crippen LogP contribution in [0, 0.1) is 11.3 Å². The molecular weight excluding hydrogens is 188 g/mol. The van der Waals surface area contributed by atoms with E-state index in [-0.39, 0.29) is 5.54 Å². The van der Waals surface area contributed by atoms with E-state index in [9.17, 15) is 5.26 Å². The monoisotopic (exact) mass is 208 g/mol. The zero-order valence-electron chi connectivity index (χ0n) is 9.46. The van der Waals surface area contributed by atoms with Gasteiger partial charge >= 0.3 is 0 Å². The van der Waals surface area contributed by atoms with Crippen molar-refractivity contribution < 1.29 is 4.74 Å². The summed E-state index contributed by atoms with van der Waals surface area (Å²) in [6.07, 6.45) is 6.71. The summed E-state index contributed by atoms with van der Waals surface area (Å²) in [4.78, 5) is 0. The van der Waals surface area contributed by atoms with Gasteiger partial charge in [0.2, 0.25) is 0 Å². The number of nitriles is 1. The highest BCUT2D eigenvalue weighted by molar-refractivity contribution is 5.14. The average molecular weight is 208 g/mol. The van der Waals surface area contributed by atoms with Crippen molar-refractivity contribution in [3.63, 3.8) is 0 Å². The molecule has 1 N–H and O–H groups in total. The highest BCUT2D eigenvalue weighted by Crippen LogP contribution is 2.35. The van der Waals surface area contributed by atoms with E-state index in [1.807, 2.05) is 0 Å². The molecule has 0 spiro atoms. The van der Waals surface area contributed by atoms with E-state index in [0.29, 0.717) is 12.1 Å². The van der Waals surface area contributed by atoms with Gasteiger partial charge in [-0.15, -0.1) is 0 Å². The number of hydrogen-bond acceptors (Lipinski definition) is 3. The van der Waals surface area contributed by atoms with Crippen molar-refractivity contribution in [2.45, 2.75) is 63.1 Å². The number of rotatable bonds is 5. The van der Waals surface area contributed by atoms with Crippen LogP contribution in [0.1, 0.15) is 45.4 Å². The molecule has 2 unspecified atom stereocenters. The first kappa shape index (κ1) is 10.9. The molecule has 2 saturated carbocycles. The minimum atomic E-state index is -0.278. The minimum absolute atomic E-state index is 0.278. The predicted molar refractivity (Wildman–Crippen MR) is 58.4 cm³/mol. The van der Waals surface area contributed by atoms with E-state index >= 15 is 0 Å². The van der Waals surface area contributed by atoms with Crippen LogP contribution >= 0.6 is 0 Å². The van der Waals surface area contributed by atoms with Crippen molar-refractivity contribution in [3.05, 3.63) is 0 Å². The van der Waals surface area contributed by atoms with Gasteiger partial charge in [0.15, 0.2) is 0 Å². The Morgan fingerprint density at radius 3 is 2.87 bits per heavy atom. The summed E-state index contributed by atoms with van der Waals surface area (Å²) in [7, 11) is 0. The molecule has 0 heterocycles. The topological polar surface area (TPSA) is 45.0 Å². The summed E-state index contributed by atoms with van der Waals surface area (Å²) in [5.74, 6) is 0. The van der Waals surface area contributed by atoms with Crippen molar-refractivity contribution in [1.82, 2.24) is 5.32 Å². The average Bonchev–Trinajstić information content (AvgIpc) is 2.96. The van der Waals surface area contributed by atoms with Gasteiger partial charge in [-0.05, 0) is 32.1 Å². The Balaban J connectivity index is 1.84. The van der Waals surface area contributed by atoms with Crippen LogP contribution in [0.5, 0.6) is 0 Å². The Hall–Kier alpha value is -0.590. The molecule has 2 aliphatic carbocycles. The smallest absolute Gasteiger partial charge is 0.109 e. The summed E-state index contributed by atoms with van der Waals surface area (Å²) in [5.41, 5.74) is -0.278. The maximum Gasteiger partial charge on any atom is 0.109 e. The second-order valence-electron chi connectivity index (χ2n) is 4.85. The standard InChI is InChI=1S/C12H20N2O/c1-2-7-15-11-5-6-12(8-11,9-13)14-10-3-4-10/h10-11,14H,2-8H2,1H3. The lowest BCUT2D eigenvalue weighted by atomic mass is 9.99.